The molecule has 0 bridgehead atoms. The van der Waals surface area contributed by atoms with E-state index in [4.69, 9.17) is 0 Å². The molecule has 2 fully saturated rings. The minimum absolute atomic E-state index is 0.241. The van der Waals surface area contributed by atoms with Crippen LogP contribution < -0.4 is 5.32 Å². The highest BCUT2D eigenvalue weighted by Gasteiger charge is 2.27. The van der Waals surface area contributed by atoms with Crippen LogP contribution in [-0.2, 0) is 23.1 Å². The molecule has 0 unspecified atom stereocenters. The van der Waals surface area contributed by atoms with Gasteiger partial charge in [-0.3, -0.25) is 9.69 Å². The molecule has 0 atom stereocenters. The van der Waals surface area contributed by atoms with Gasteiger partial charge in [0.2, 0.25) is 10.0 Å². The summed E-state index contributed by atoms with van der Waals surface area (Å²) in [5.74, 6) is -0.256. The zero-order valence-corrected chi connectivity index (χ0v) is 21.1. The molecular formula is C27H37N3O3S. The van der Waals surface area contributed by atoms with Gasteiger partial charge in [0.25, 0.3) is 5.91 Å². The highest BCUT2D eigenvalue weighted by molar-refractivity contribution is 7.89. The Kier molecular flexibility index (Phi) is 8.40. The topological polar surface area (TPSA) is 69.7 Å². The first-order valence-electron chi connectivity index (χ1n) is 12.6. The van der Waals surface area contributed by atoms with Gasteiger partial charge < -0.3 is 5.32 Å². The summed E-state index contributed by atoms with van der Waals surface area (Å²) in [4.78, 5) is 15.6. The zero-order valence-electron chi connectivity index (χ0n) is 20.3. The normalized spacial score (nSPS) is 18.4. The van der Waals surface area contributed by atoms with Gasteiger partial charge in [0.05, 0.1) is 4.90 Å². The van der Waals surface area contributed by atoms with Crippen LogP contribution in [0.3, 0.4) is 0 Å². The average molecular weight is 484 g/mol. The average Bonchev–Trinajstić information content (AvgIpc) is 3.14. The Labute approximate surface area is 204 Å². The smallest absolute Gasteiger partial charge is 0.251 e. The van der Waals surface area contributed by atoms with Gasteiger partial charge in [-0.25, -0.2) is 8.42 Å². The molecule has 2 aromatic carbocycles. The number of piperidine rings is 1. The largest absolute Gasteiger partial charge is 0.348 e. The molecule has 1 amide bonds. The number of sulfonamides is 1. The van der Waals surface area contributed by atoms with Crippen LogP contribution in [0, 0.1) is 6.92 Å². The number of aryl methyl sites for hydroxylation is 1. The number of rotatable bonds is 7. The molecule has 2 aliphatic heterocycles. The van der Waals surface area contributed by atoms with Crippen molar-refractivity contribution in [1.82, 2.24) is 14.5 Å². The summed E-state index contributed by atoms with van der Waals surface area (Å²) in [6.07, 6.45) is 7.75. The van der Waals surface area contributed by atoms with Crippen molar-refractivity contribution in [2.75, 3.05) is 26.2 Å². The molecule has 4 rings (SSSR count). The molecule has 2 aliphatic rings. The van der Waals surface area contributed by atoms with E-state index < -0.39 is 10.0 Å². The van der Waals surface area contributed by atoms with Gasteiger partial charge in [-0.1, -0.05) is 49.6 Å². The highest BCUT2D eigenvalue weighted by Crippen LogP contribution is 2.24. The first kappa shape index (κ1) is 24.9. The first-order chi connectivity index (χ1) is 16.4. The second-order valence-electron chi connectivity index (χ2n) is 9.64. The van der Waals surface area contributed by atoms with Crippen molar-refractivity contribution in [2.24, 2.45) is 0 Å². The van der Waals surface area contributed by atoms with Crippen LogP contribution in [0.2, 0.25) is 0 Å². The Hall–Kier alpha value is -2.22. The summed E-state index contributed by atoms with van der Waals surface area (Å²) in [6.45, 7) is 6.54. The predicted octanol–water partition coefficient (Wildman–Crippen LogP) is 4.48. The molecular weight excluding hydrogens is 446 g/mol. The lowest BCUT2D eigenvalue weighted by Gasteiger charge is -2.26. The van der Waals surface area contributed by atoms with Crippen LogP contribution in [0.15, 0.2) is 47.4 Å². The van der Waals surface area contributed by atoms with E-state index in [0.29, 0.717) is 30.8 Å². The summed E-state index contributed by atoms with van der Waals surface area (Å²) in [5.41, 5.74) is 3.36. The summed E-state index contributed by atoms with van der Waals surface area (Å²) >= 11 is 0. The Morgan fingerprint density at radius 2 is 1.50 bits per heavy atom. The maximum absolute atomic E-state index is 13.3. The Morgan fingerprint density at radius 3 is 2.24 bits per heavy atom. The number of hydrogen-bond acceptors (Lipinski definition) is 4. The molecule has 1 N–H and O–H groups in total. The lowest BCUT2D eigenvalue weighted by atomic mass is 10.1. The van der Waals surface area contributed by atoms with Crippen LogP contribution in [0.1, 0.15) is 72.0 Å². The molecule has 184 valence electrons. The SMILES string of the molecule is Cc1ccc(C(=O)NCc2cccc(CN3CCCCC3)c2)cc1S(=O)(=O)N1CCCCCC1. The highest BCUT2D eigenvalue weighted by atomic mass is 32.2. The van der Waals surface area contributed by atoms with Crippen molar-refractivity contribution < 1.29 is 13.2 Å². The fraction of sp³-hybridized carbons (Fsp3) is 0.519. The molecule has 0 aromatic heterocycles. The summed E-state index contributed by atoms with van der Waals surface area (Å²) in [5, 5.41) is 2.97. The number of carbonyl (C=O) groups excluding carboxylic acids is 1. The maximum atomic E-state index is 13.3. The molecule has 2 heterocycles. The van der Waals surface area contributed by atoms with Crippen LogP contribution in [0.4, 0.5) is 0 Å². The van der Waals surface area contributed by atoms with Crippen molar-refractivity contribution in [3.63, 3.8) is 0 Å². The van der Waals surface area contributed by atoms with Gasteiger partial charge >= 0.3 is 0 Å². The number of nitrogens with one attached hydrogen (secondary N) is 1. The number of amides is 1. The second kappa shape index (κ2) is 11.5. The van der Waals surface area contributed by atoms with Gasteiger partial charge in [0.15, 0.2) is 0 Å². The number of benzene rings is 2. The molecule has 0 spiro atoms. The van der Waals surface area contributed by atoms with Crippen LogP contribution in [0.5, 0.6) is 0 Å². The first-order valence-corrected chi connectivity index (χ1v) is 14.1. The third-order valence-electron chi connectivity index (χ3n) is 6.93. The second-order valence-corrected chi connectivity index (χ2v) is 11.5. The van der Waals surface area contributed by atoms with Gasteiger partial charge in [0.1, 0.15) is 0 Å². The van der Waals surface area contributed by atoms with Crippen molar-refractivity contribution in [1.29, 1.82) is 0 Å². The summed E-state index contributed by atoms with van der Waals surface area (Å²) < 4.78 is 28.2. The van der Waals surface area contributed by atoms with Crippen molar-refractivity contribution in [2.45, 2.75) is 69.9 Å². The van der Waals surface area contributed by atoms with E-state index in [9.17, 15) is 13.2 Å². The fourth-order valence-corrected chi connectivity index (χ4v) is 6.71. The van der Waals surface area contributed by atoms with E-state index >= 15 is 0 Å². The summed E-state index contributed by atoms with van der Waals surface area (Å²) in [7, 11) is -3.61. The van der Waals surface area contributed by atoms with Gasteiger partial charge in [-0.15, -0.1) is 0 Å². The third kappa shape index (κ3) is 6.26. The Bertz CT molecular complexity index is 1090. The molecule has 2 saturated heterocycles. The lowest BCUT2D eigenvalue weighted by molar-refractivity contribution is 0.0950. The van der Waals surface area contributed by atoms with Crippen LogP contribution in [0.25, 0.3) is 0 Å². The van der Waals surface area contributed by atoms with E-state index in [1.54, 1.807) is 23.4 Å². The van der Waals surface area contributed by atoms with Crippen LogP contribution >= 0.6 is 0 Å². The molecule has 2 aromatic rings. The van der Waals surface area contributed by atoms with Crippen molar-refractivity contribution in [3.8, 4) is 0 Å². The zero-order chi connectivity index (χ0) is 24.0. The molecule has 34 heavy (non-hydrogen) atoms. The Balaban J connectivity index is 1.42. The monoisotopic (exact) mass is 483 g/mol. The fourth-order valence-electron chi connectivity index (χ4n) is 4.94. The number of hydrogen-bond donors (Lipinski definition) is 1. The van der Waals surface area contributed by atoms with E-state index in [-0.39, 0.29) is 10.8 Å². The third-order valence-corrected chi connectivity index (χ3v) is 8.97. The van der Waals surface area contributed by atoms with Gasteiger partial charge in [0, 0.05) is 31.7 Å². The molecule has 0 radical (unpaired) electrons. The minimum atomic E-state index is -3.61. The molecule has 0 aliphatic carbocycles. The standard InChI is InChI=1S/C27H37N3O3S/c1-22-12-13-25(19-26(22)34(32,33)30-16-7-2-3-8-17-30)27(31)28-20-23-10-9-11-24(18-23)21-29-14-5-4-6-15-29/h9-13,18-19H,2-8,14-17,20-21H2,1H3,(H,28,31). The van der Waals surface area contributed by atoms with Gasteiger partial charge in [-0.05, 0) is 74.5 Å². The molecule has 0 saturated carbocycles. The lowest BCUT2D eigenvalue weighted by Crippen LogP contribution is -2.32. The quantitative estimate of drug-likeness (QED) is 0.631. The maximum Gasteiger partial charge on any atom is 0.251 e. The molecule has 7 heteroatoms. The van der Waals surface area contributed by atoms with E-state index in [1.807, 2.05) is 12.1 Å². The Morgan fingerprint density at radius 1 is 0.853 bits per heavy atom. The van der Waals surface area contributed by atoms with E-state index in [2.05, 4.69) is 22.3 Å². The molecule has 6 nitrogen and oxygen atoms in total. The van der Waals surface area contributed by atoms with E-state index in [0.717, 1.165) is 50.9 Å². The van der Waals surface area contributed by atoms with Crippen LogP contribution in [-0.4, -0.2) is 49.7 Å². The summed E-state index contributed by atoms with van der Waals surface area (Å²) in [6, 6.07) is 13.3. The predicted molar refractivity (Wildman–Crippen MR) is 135 cm³/mol. The van der Waals surface area contributed by atoms with Crippen molar-refractivity contribution >= 4 is 15.9 Å². The van der Waals surface area contributed by atoms with Crippen molar-refractivity contribution in [3.05, 3.63) is 64.7 Å². The number of carbonyl (C=O) groups is 1. The number of nitrogens with zero attached hydrogens (tertiary/aromatic N) is 2. The van der Waals surface area contributed by atoms with Gasteiger partial charge in [-0.2, -0.15) is 4.31 Å². The van der Waals surface area contributed by atoms with E-state index in [1.165, 1.54) is 30.9 Å². The number of likely N-dealkylation sites (tertiary alicyclic amines) is 1. The minimum Gasteiger partial charge on any atom is -0.348 e.